The number of hydrogen-bond donors (Lipinski definition) is 1. The first-order valence-corrected chi connectivity index (χ1v) is 11.0. The molecule has 3 aromatic rings. The summed E-state index contributed by atoms with van der Waals surface area (Å²) in [6.07, 6.45) is 2.08. The Morgan fingerprint density at radius 3 is 2.00 bits per heavy atom. The lowest BCUT2D eigenvalue weighted by molar-refractivity contribution is -0.122. The summed E-state index contributed by atoms with van der Waals surface area (Å²) in [4.78, 5) is 38.2. The summed E-state index contributed by atoms with van der Waals surface area (Å²) in [7, 11) is 0. The average Bonchev–Trinajstić information content (AvgIpc) is 2.84. The van der Waals surface area contributed by atoms with Gasteiger partial charge in [-0.25, -0.2) is 14.1 Å². The predicted molar refractivity (Wildman–Crippen MR) is 129 cm³/mol. The minimum atomic E-state index is -0.890. The van der Waals surface area contributed by atoms with E-state index in [1.165, 1.54) is 23.8 Å². The third-order valence-corrected chi connectivity index (χ3v) is 5.22. The van der Waals surface area contributed by atoms with E-state index in [1.54, 1.807) is 24.3 Å². The van der Waals surface area contributed by atoms with Crippen molar-refractivity contribution in [3.63, 3.8) is 0 Å². The number of carbonyl (C=O) groups excluding carboxylic acids is 3. The molecule has 0 aromatic heterocycles. The van der Waals surface area contributed by atoms with E-state index in [0.717, 1.165) is 22.8 Å². The largest absolute Gasteiger partial charge is 0.493 e. The molecule has 8 heteroatoms. The Balaban J connectivity index is 1.35. The van der Waals surface area contributed by atoms with E-state index in [-0.39, 0.29) is 11.3 Å². The highest BCUT2D eigenvalue weighted by Gasteiger charge is 2.36. The number of aryl methyl sites for hydroxylation is 1. The quantitative estimate of drug-likeness (QED) is 0.292. The molecule has 7 nitrogen and oxygen atoms in total. The van der Waals surface area contributed by atoms with Crippen molar-refractivity contribution in [2.75, 3.05) is 18.1 Å². The molecule has 4 rings (SSSR count). The molecule has 0 unspecified atom stereocenters. The van der Waals surface area contributed by atoms with Gasteiger partial charge in [-0.3, -0.25) is 14.9 Å². The molecular weight excluding hydrogens is 451 g/mol. The van der Waals surface area contributed by atoms with Gasteiger partial charge in [0.05, 0.1) is 18.9 Å². The molecule has 0 atom stereocenters. The van der Waals surface area contributed by atoms with Gasteiger partial charge in [0.15, 0.2) is 0 Å². The number of anilines is 1. The smallest absolute Gasteiger partial charge is 0.335 e. The minimum Gasteiger partial charge on any atom is -0.493 e. The number of hydrogen-bond acceptors (Lipinski definition) is 5. The van der Waals surface area contributed by atoms with Crippen molar-refractivity contribution in [1.29, 1.82) is 0 Å². The zero-order valence-corrected chi connectivity index (χ0v) is 19.0. The maximum atomic E-state index is 13.2. The van der Waals surface area contributed by atoms with Crippen molar-refractivity contribution in [3.8, 4) is 11.5 Å². The zero-order valence-electron chi connectivity index (χ0n) is 19.0. The Morgan fingerprint density at radius 1 is 0.829 bits per heavy atom. The van der Waals surface area contributed by atoms with E-state index in [2.05, 4.69) is 5.32 Å². The third kappa shape index (κ3) is 5.92. The lowest BCUT2D eigenvalue weighted by atomic mass is 10.1. The van der Waals surface area contributed by atoms with Crippen molar-refractivity contribution in [2.24, 2.45) is 0 Å². The van der Waals surface area contributed by atoms with Gasteiger partial charge < -0.3 is 9.47 Å². The maximum Gasteiger partial charge on any atom is 0.335 e. The number of benzene rings is 3. The first-order chi connectivity index (χ1) is 16.9. The van der Waals surface area contributed by atoms with Crippen LogP contribution in [-0.2, 0) is 9.59 Å². The Bertz CT molecular complexity index is 1250. The van der Waals surface area contributed by atoms with Gasteiger partial charge in [0.1, 0.15) is 22.9 Å². The number of ether oxygens (including phenoxy) is 2. The average molecular weight is 474 g/mol. The topological polar surface area (TPSA) is 84.9 Å². The van der Waals surface area contributed by atoms with E-state index in [9.17, 15) is 18.8 Å². The second-order valence-corrected chi connectivity index (χ2v) is 7.87. The number of barbiturate groups is 1. The van der Waals surface area contributed by atoms with Crippen LogP contribution in [0.1, 0.15) is 17.5 Å². The molecule has 0 spiro atoms. The van der Waals surface area contributed by atoms with Gasteiger partial charge in [-0.2, -0.15) is 0 Å². The molecular formula is C27H23FN2O5. The standard InChI is InChI=1S/C27H23FN2O5/c1-18-3-11-22(12-4-18)34-15-2-16-35-23-13-5-19(6-14-23)17-24-25(31)29-27(33)30(26(24)32)21-9-7-20(28)8-10-21/h3-14,17H,2,15-16H2,1H3,(H,29,31,33). The monoisotopic (exact) mass is 474 g/mol. The van der Waals surface area contributed by atoms with Gasteiger partial charge in [-0.1, -0.05) is 29.8 Å². The molecule has 1 aliphatic rings. The summed E-state index contributed by atoms with van der Waals surface area (Å²) in [5, 5.41) is 2.14. The van der Waals surface area contributed by atoms with E-state index in [1.807, 2.05) is 31.2 Å². The maximum absolute atomic E-state index is 13.2. The Labute approximate surface area is 201 Å². The fourth-order valence-corrected chi connectivity index (χ4v) is 3.38. The van der Waals surface area contributed by atoms with Crippen molar-refractivity contribution in [1.82, 2.24) is 5.32 Å². The molecule has 0 aliphatic carbocycles. The van der Waals surface area contributed by atoms with Gasteiger partial charge >= 0.3 is 6.03 Å². The molecule has 178 valence electrons. The van der Waals surface area contributed by atoms with Gasteiger partial charge in [-0.05, 0) is 67.1 Å². The SMILES string of the molecule is Cc1ccc(OCCCOc2ccc(C=C3C(=O)NC(=O)N(c4ccc(F)cc4)C3=O)cc2)cc1. The van der Waals surface area contributed by atoms with E-state index in [4.69, 9.17) is 9.47 Å². The molecule has 0 saturated carbocycles. The molecule has 1 aliphatic heterocycles. The van der Waals surface area contributed by atoms with Crippen LogP contribution in [0.3, 0.4) is 0 Å². The third-order valence-electron chi connectivity index (χ3n) is 5.22. The van der Waals surface area contributed by atoms with Gasteiger partial charge in [0.2, 0.25) is 0 Å². The second-order valence-electron chi connectivity index (χ2n) is 7.87. The van der Waals surface area contributed by atoms with Crippen molar-refractivity contribution in [2.45, 2.75) is 13.3 Å². The van der Waals surface area contributed by atoms with Crippen LogP contribution in [0.15, 0.2) is 78.4 Å². The number of amides is 4. The molecule has 1 saturated heterocycles. The van der Waals surface area contributed by atoms with Gasteiger partial charge in [-0.15, -0.1) is 0 Å². The second kappa shape index (κ2) is 10.6. The number of urea groups is 1. The van der Waals surface area contributed by atoms with Crippen molar-refractivity contribution in [3.05, 3.63) is 95.3 Å². The number of carbonyl (C=O) groups is 3. The molecule has 1 heterocycles. The summed E-state index contributed by atoms with van der Waals surface area (Å²) < 4.78 is 24.6. The van der Waals surface area contributed by atoms with Crippen LogP contribution in [0.4, 0.5) is 14.9 Å². The molecule has 0 bridgehead atoms. The number of halogens is 1. The summed E-state index contributed by atoms with van der Waals surface area (Å²) in [5.74, 6) is -0.655. The van der Waals surface area contributed by atoms with E-state index in [0.29, 0.717) is 30.9 Å². The molecule has 1 N–H and O–H groups in total. The predicted octanol–water partition coefficient (Wildman–Crippen LogP) is 4.65. The fraction of sp³-hybridized carbons (Fsp3) is 0.148. The Morgan fingerprint density at radius 2 is 1.40 bits per heavy atom. The fourth-order valence-electron chi connectivity index (χ4n) is 3.38. The molecule has 1 fully saturated rings. The number of rotatable bonds is 8. The summed E-state index contributed by atoms with van der Waals surface area (Å²) >= 11 is 0. The number of nitrogens with one attached hydrogen (secondary N) is 1. The normalized spacial score (nSPS) is 14.7. The summed E-state index contributed by atoms with van der Waals surface area (Å²) in [5.41, 5.74) is 1.69. The van der Waals surface area contributed by atoms with Crippen molar-refractivity contribution >= 4 is 29.6 Å². The molecule has 3 aromatic carbocycles. The van der Waals surface area contributed by atoms with E-state index >= 15 is 0 Å². The number of nitrogens with zero attached hydrogens (tertiary/aromatic N) is 1. The highest BCUT2D eigenvalue weighted by atomic mass is 19.1. The van der Waals surface area contributed by atoms with Gasteiger partial charge in [0, 0.05) is 6.42 Å². The highest BCUT2D eigenvalue weighted by Crippen LogP contribution is 2.23. The molecule has 0 radical (unpaired) electrons. The first-order valence-electron chi connectivity index (χ1n) is 11.0. The Kier molecular flexibility index (Phi) is 7.21. The Hall–Kier alpha value is -4.46. The minimum absolute atomic E-state index is 0.155. The molecule has 4 amide bonds. The van der Waals surface area contributed by atoms with Crippen LogP contribution in [0.5, 0.6) is 11.5 Å². The van der Waals surface area contributed by atoms with E-state index < -0.39 is 23.7 Å². The van der Waals surface area contributed by atoms with Crippen LogP contribution in [-0.4, -0.2) is 31.1 Å². The highest BCUT2D eigenvalue weighted by molar-refractivity contribution is 6.39. The first kappa shape index (κ1) is 23.7. The summed E-state index contributed by atoms with van der Waals surface area (Å²) in [6.45, 7) is 3.00. The van der Waals surface area contributed by atoms with Crippen LogP contribution in [0, 0.1) is 12.7 Å². The van der Waals surface area contributed by atoms with Crippen LogP contribution < -0.4 is 19.7 Å². The van der Waals surface area contributed by atoms with Crippen LogP contribution in [0.2, 0.25) is 0 Å². The molecule has 35 heavy (non-hydrogen) atoms. The number of imide groups is 2. The lowest BCUT2D eigenvalue weighted by Crippen LogP contribution is -2.54. The van der Waals surface area contributed by atoms with Crippen LogP contribution >= 0.6 is 0 Å². The lowest BCUT2D eigenvalue weighted by Gasteiger charge is -2.26. The van der Waals surface area contributed by atoms with Crippen molar-refractivity contribution < 1.29 is 28.2 Å². The van der Waals surface area contributed by atoms with Gasteiger partial charge in [0.25, 0.3) is 11.8 Å². The summed E-state index contributed by atoms with van der Waals surface area (Å²) in [6, 6.07) is 18.6. The van der Waals surface area contributed by atoms with Crippen LogP contribution in [0.25, 0.3) is 6.08 Å². The zero-order chi connectivity index (χ0) is 24.8.